The molecule has 1 heterocycles. The number of nitrogens with zero attached hydrogens (tertiary/aromatic N) is 3. The molecule has 0 amide bonds. The number of rotatable bonds is 5. The fourth-order valence-electron chi connectivity index (χ4n) is 1.82. The molecule has 0 saturated heterocycles. The monoisotopic (exact) mass is 360 g/mol. The van der Waals surface area contributed by atoms with Crippen LogP contribution in [0.4, 0.5) is 13.2 Å². The second-order valence-electron chi connectivity index (χ2n) is 4.98. The van der Waals surface area contributed by atoms with Gasteiger partial charge >= 0.3 is 6.18 Å². The molecule has 1 aromatic carbocycles. The van der Waals surface area contributed by atoms with Crippen molar-refractivity contribution in [3.05, 3.63) is 34.4 Å². The number of alkyl halides is 3. The highest BCUT2D eigenvalue weighted by atomic mass is 32.1. The van der Waals surface area contributed by atoms with Crippen LogP contribution < -0.4 is 9.47 Å². The van der Waals surface area contributed by atoms with Crippen LogP contribution in [0.5, 0.6) is 11.5 Å². The maximum Gasteiger partial charge on any atom is 0.453 e. The largest absolute Gasteiger partial charge is 0.493 e. The Balaban J connectivity index is 2.34. The van der Waals surface area contributed by atoms with E-state index in [-0.39, 0.29) is 10.9 Å². The molecule has 130 valence electrons. The number of aromatic nitrogens is 3. The van der Waals surface area contributed by atoms with Gasteiger partial charge in [-0.3, -0.25) is 0 Å². The first-order valence-corrected chi connectivity index (χ1v) is 7.27. The lowest BCUT2D eigenvalue weighted by Crippen LogP contribution is -2.12. The van der Waals surface area contributed by atoms with E-state index < -0.39 is 12.0 Å². The van der Waals surface area contributed by atoms with Crippen molar-refractivity contribution in [3.8, 4) is 11.5 Å². The summed E-state index contributed by atoms with van der Waals surface area (Å²) in [7, 11) is 1.47. The quantitative estimate of drug-likeness (QED) is 0.653. The van der Waals surface area contributed by atoms with Gasteiger partial charge in [-0.15, -0.1) is 5.10 Å². The number of hydrogen-bond donors (Lipinski definition) is 1. The van der Waals surface area contributed by atoms with Crippen LogP contribution in [0.1, 0.15) is 25.2 Å². The summed E-state index contributed by atoms with van der Waals surface area (Å²) in [6, 6.07) is 4.89. The summed E-state index contributed by atoms with van der Waals surface area (Å²) < 4.78 is 49.5. The standard InChI is InChI=1S/C14H15F3N4O2S/c1-8(2)23-10-5-4-9(6-11(10)22-3)7-18-21-12(14(15,16)17)19-20-13(21)24/h4-8H,1-3H3,(H,20,24)/b18-7-. The summed E-state index contributed by atoms with van der Waals surface area (Å²) in [5, 5.41) is 8.96. The molecule has 0 fully saturated rings. The predicted octanol–water partition coefficient (Wildman–Crippen LogP) is 3.64. The normalized spacial score (nSPS) is 12.1. The third-order valence-corrected chi connectivity index (χ3v) is 3.04. The zero-order chi connectivity index (χ0) is 17.9. The van der Waals surface area contributed by atoms with Gasteiger partial charge in [-0.1, -0.05) is 0 Å². The Bertz CT molecular complexity index is 796. The number of H-pyrrole nitrogens is 1. The van der Waals surface area contributed by atoms with Crippen LogP contribution in [-0.4, -0.2) is 34.3 Å². The molecule has 2 rings (SSSR count). The summed E-state index contributed by atoms with van der Waals surface area (Å²) in [6.45, 7) is 3.74. The Labute approximate surface area is 140 Å². The Morgan fingerprint density at radius 1 is 1.33 bits per heavy atom. The number of nitrogens with one attached hydrogen (secondary N) is 1. The second kappa shape index (κ2) is 7.04. The molecule has 6 nitrogen and oxygen atoms in total. The van der Waals surface area contributed by atoms with Gasteiger partial charge in [0.1, 0.15) is 0 Å². The molecule has 0 bridgehead atoms. The molecular weight excluding hydrogens is 345 g/mol. The third kappa shape index (κ3) is 4.13. The molecule has 10 heteroatoms. The lowest BCUT2D eigenvalue weighted by Gasteiger charge is -2.13. The van der Waals surface area contributed by atoms with Crippen molar-refractivity contribution in [1.82, 2.24) is 14.9 Å². The maximum absolute atomic E-state index is 12.8. The zero-order valence-corrected chi connectivity index (χ0v) is 13.9. The molecule has 1 N–H and O–H groups in total. The van der Waals surface area contributed by atoms with E-state index in [1.165, 1.54) is 13.3 Å². The molecule has 1 aromatic heterocycles. The van der Waals surface area contributed by atoms with Gasteiger partial charge in [-0.2, -0.15) is 22.9 Å². The summed E-state index contributed by atoms with van der Waals surface area (Å²) >= 11 is 4.76. The Morgan fingerprint density at radius 3 is 2.62 bits per heavy atom. The SMILES string of the molecule is COc1cc(/C=N\n2c(C(F)(F)F)n[nH]c2=S)ccc1OC(C)C. The number of ether oxygens (including phenoxy) is 2. The summed E-state index contributed by atoms with van der Waals surface area (Å²) in [4.78, 5) is 0. The van der Waals surface area contributed by atoms with E-state index in [1.54, 1.807) is 18.2 Å². The van der Waals surface area contributed by atoms with Crippen LogP contribution in [0.15, 0.2) is 23.3 Å². The van der Waals surface area contributed by atoms with Crippen LogP contribution in [-0.2, 0) is 6.18 Å². The van der Waals surface area contributed by atoms with Gasteiger partial charge in [0, 0.05) is 0 Å². The van der Waals surface area contributed by atoms with Crippen LogP contribution in [0.2, 0.25) is 0 Å². The van der Waals surface area contributed by atoms with Crippen molar-refractivity contribution in [2.24, 2.45) is 5.10 Å². The number of hydrogen-bond acceptors (Lipinski definition) is 5. The van der Waals surface area contributed by atoms with Gasteiger partial charge in [0.25, 0.3) is 5.82 Å². The smallest absolute Gasteiger partial charge is 0.453 e. The molecule has 0 aliphatic rings. The van der Waals surface area contributed by atoms with Gasteiger partial charge in [-0.25, -0.2) is 5.10 Å². The predicted molar refractivity (Wildman–Crippen MR) is 84.2 cm³/mol. The minimum absolute atomic E-state index is 0.0444. The highest BCUT2D eigenvalue weighted by Gasteiger charge is 2.37. The average molecular weight is 360 g/mol. The maximum atomic E-state index is 12.8. The van der Waals surface area contributed by atoms with E-state index in [0.29, 0.717) is 21.7 Å². The molecule has 0 saturated carbocycles. The lowest BCUT2D eigenvalue weighted by atomic mass is 10.2. The van der Waals surface area contributed by atoms with Crippen LogP contribution in [0.3, 0.4) is 0 Å². The summed E-state index contributed by atoms with van der Waals surface area (Å²) in [5.74, 6) is -0.254. The van der Waals surface area contributed by atoms with Crippen molar-refractivity contribution in [1.29, 1.82) is 0 Å². The molecule has 0 atom stereocenters. The van der Waals surface area contributed by atoms with E-state index in [1.807, 2.05) is 13.8 Å². The molecule has 0 aliphatic heterocycles. The molecular formula is C14H15F3N4O2S. The Morgan fingerprint density at radius 2 is 2.04 bits per heavy atom. The molecule has 24 heavy (non-hydrogen) atoms. The summed E-state index contributed by atoms with van der Waals surface area (Å²) in [6.07, 6.45) is -3.49. The van der Waals surface area contributed by atoms with Crippen molar-refractivity contribution < 1.29 is 22.6 Å². The minimum Gasteiger partial charge on any atom is -0.493 e. The number of methoxy groups -OCH3 is 1. The van der Waals surface area contributed by atoms with Gasteiger partial charge in [0.05, 0.1) is 19.4 Å². The Hall–Kier alpha value is -2.36. The number of halogens is 3. The molecule has 0 aliphatic carbocycles. The number of aromatic amines is 1. The van der Waals surface area contributed by atoms with E-state index in [2.05, 4.69) is 15.3 Å². The van der Waals surface area contributed by atoms with Gasteiger partial charge in [0.15, 0.2) is 11.5 Å². The summed E-state index contributed by atoms with van der Waals surface area (Å²) in [5.41, 5.74) is 0.513. The van der Waals surface area contributed by atoms with E-state index in [9.17, 15) is 13.2 Å². The average Bonchev–Trinajstić information content (AvgIpc) is 2.86. The van der Waals surface area contributed by atoms with Gasteiger partial charge in [0.2, 0.25) is 4.77 Å². The van der Waals surface area contributed by atoms with Gasteiger partial charge < -0.3 is 9.47 Å². The van der Waals surface area contributed by atoms with Crippen molar-refractivity contribution >= 4 is 18.4 Å². The van der Waals surface area contributed by atoms with E-state index in [4.69, 9.17) is 21.7 Å². The second-order valence-corrected chi connectivity index (χ2v) is 5.37. The van der Waals surface area contributed by atoms with Crippen molar-refractivity contribution in [2.75, 3.05) is 7.11 Å². The van der Waals surface area contributed by atoms with Crippen LogP contribution in [0.25, 0.3) is 0 Å². The topological polar surface area (TPSA) is 64.4 Å². The molecule has 0 spiro atoms. The zero-order valence-electron chi connectivity index (χ0n) is 13.1. The lowest BCUT2D eigenvalue weighted by molar-refractivity contribution is -0.147. The van der Waals surface area contributed by atoms with E-state index >= 15 is 0 Å². The highest BCUT2D eigenvalue weighted by molar-refractivity contribution is 7.71. The first-order chi connectivity index (χ1) is 11.2. The molecule has 2 aromatic rings. The number of benzene rings is 1. The minimum atomic E-state index is -4.67. The third-order valence-electron chi connectivity index (χ3n) is 2.78. The highest BCUT2D eigenvalue weighted by Crippen LogP contribution is 2.29. The van der Waals surface area contributed by atoms with Gasteiger partial charge in [-0.05, 0) is 49.8 Å². The first kappa shape index (κ1) is 18.0. The molecule has 0 radical (unpaired) electrons. The van der Waals surface area contributed by atoms with Crippen molar-refractivity contribution in [3.63, 3.8) is 0 Å². The first-order valence-electron chi connectivity index (χ1n) is 6.86. The Kier molecular flexibility index (Phi) is 5.27. The van der Waals surface area contributed by atoms with Crippen molar-refractivity contribution in [2.45, 2.75) is 26.1 Å². The van der Waals surface area contributed by atoms with Crippen LogP contribution in [0, 0.1) is 4.77 Å². The van der Waals surface area contributed by atoms with Crippen LogP contribution >= 0.6 is 12.2 Å². The fraction of sp³-hybridized carbons (Fsp3) is 0.357. The molecule has 0 unspecified atom stereocenters. The van der Waals surface area contributed by atoms with E-state index in [0.717, 1.165) is 0 Å². The fourth-order valence-corrected chi connectivity index (χ4v) is 2.00.